The van der Waals surface area contributed by atoms with Gasteiger partial charge in [0, 0.05) is 19.2 Å². The molecule has 0 amide bonds. The van der Waals surface area contributed by atoms with Crippen LogP contribution in [-0.2, 0) is 10.0 Å². The van der Waals surface area contributed by atoms with Crippen LogP contribution in [0, 0.1) is 10.1 Å². The lowest BCUT2D eigenvalue weighted by atomic mass is 10.2. The van der Waals surface area contributed by atoms with Gasteiger partial charge in [0.2, 0.25) is 0 Å². The van der Waals surface area contributed by atoms with Crippen molar-refractivity contribution >= 4 is 32.0 Å². The Labute approximate surface area is 116 Å². The molecule has 0 fully saturated rings. The third kappa shape index (κ3) is 3.64. The molecule has 0 saturated heterocycles. The maximum absolute atomic E-state index is 12.1. The maximum atomic E-state index is 12.1. The number of nitrogens with one attached hydrogen (secondary N) is 2. The monoisotopic (exact) mass is 307 g/mol. The molecule has 9 heteroatoms. The summed E-state index contributed by atoms with van der Waals surface area (Å²) in [7, 11) is -2.19. The number of hydrogen-bond donors (Lipinski definition) is 2. The summed E-state index contributed by atoms with van der Waals surface area (Å²) in [5.41, 5.74) is -0.225. The van der Waals surface area contributed by atoms with Gasteiger partial charge in [-0.2, -0.15) is 0 Å². The Morgan fingerprint density at radius 2 is 2.00 bits per heavy atom. The molecule has 0 aliphatic heterocycles. The van der Waals surface area contributed by atoms with Crippen molar-refractivity contribution in [2.24, 2.45) is 0 Å². The van der Waals surface area contributed by atoms with Gasteiger partial charge in [0.15, 0.2) is 5.00 Å². The molecule has 0 bridgehead atoms. The second-order valence-corrected chi connectivity index (χ2v) is 6.91. The zero-order valence-electron chi connectivity index (χ0n) is 11.0. The van der Waals surface area contributed by atoms with Gasteiger partial charge in [0.1, 0.15) is 4.21 Å². The fourth-order valence-electron chi connectivity index (χ4n) is 1.54. The van der Waals surface area contributed by atoms with E-state index in [-0.39, 0.29) is 20.9 Å². The lowest BCUT2D eigenvalue weighted by Crippen LogP contribution is -2.33. The minimum Gasteiger partial charge on any atom is -0.374 e. The first-order valence-corrected chi connectivity index (χ1v) is 8.13. The van der Waals surface area contributed by atoms with Crippen LogP contribution in [-0.4, -0.2) is 26.4 Å². The first kappa shape index (κ1) is 15.9. The third-order valence-electron chi connectivity index (χ3n) is 2.69. The molecule has 0 aliphatic rings. The molecule has 0 atom stereocenters. The Morgan fingerprint density at radius 1 is 1.42 bits per heavy atom. The van der Waals surface area contributed by atoms with Gasteiger partial charge in [0.05, 0.1) is 4.92 Å². The number of nitrogens with zero attached hydrogens (tertiary/aromatic N) is 1. The van der Waals surface area contributed by atoms with Crippen LogP contribution in [0.5, 0.6) is 0 Å². The Hall–Kier alpha value is -1.19. The van der Waals surface area contributed by atoms with E-state index < -0.39 is 14.9 Å². The predicted molar refractivity (Wildman–Crippen MR) is 75.2 cm³/mol. The smallest absolute Gasteiger partial charge is 0.304 e. The summed E-state index contributed by atoms with van der Waals surface area (Å²) in [6, 6.07) is 0.922. The largest absolute Gasteiger partial charge is 0.374 e. The van der Waals surface area contributed by atoms with E-state index in [1.165, 1.54) is 7.05 Å². The van der Waals surface area contributed by atoms with Gasteiger partial charge >= 0.3 is 5.69 Å². The molecule has 0 aliphatic carbocycles. The summed E-state index contributed by atoms with van der Waals surface area (Å²) in [5, 5.41) is 13.7. The SMILES string of the molecule is CCC(CC)NS(=O)(=O)c1cc([N+](=O)[O-])c(NC)s1. The second-order valence-electron chi connectivity index (χ2n) is 3.92. The van der Waals surface area contributed by atoms with E-state index in [9.17, 15) is 18.5 Å². The van der Waals surface area contributed by atoms with Crippen LogP contribution in [0.15, 0.2) is 10.3 Å². The molecule has 1 heterocycles. The van der Waals surface area contributed by atoms with Crippen LogP contribution in [0.1, 0.15) is 26.7 Å². The lowest BCUT2D eigenvalue weighted by molar-refractivity contribution is -0.383. The van der Waals surface area contributed by atoms with Gasteiger partial charge < -0.3 is 5.32 Å². The summed E-state index contributed by atoms with van der Waals surface area (Å²) in [6.07, 6.45) is 1.34. The Balaban J connectivity index is 3.12. The van der Waals surface area contributed by atoms with Gasteiger partial charge in [-0.25, -0.2) is 13.1 Å². The molecule has 1 rings (SSSR count). The van der Waals surface area contributed by atoms with Crippen LogP contribution < -0.4 is 10.0 Å². The summed E-state index contributed by atoms with van der Waals surface area (Å²) < 4.78 is 26.7. The summed E-state index contributed by atoms with van der Waals surface area (Å²) >= 11 is 0.854. The molecule has 1 aromatic heterocycles. The molecular formula is C10H17N3O4S2. The van der Waals surface area contributed by atoms with Crippen molar-refractivity contribution in [3.63, 3.8) is 0 Å². The third-order valence-corrected chi connectivity index (χ3v) is 5.82. The predicted octanol–water partition coefficient (Wildman–Crippen LogP) is 2.16. The highest BCUT2D eigenvalue weighted by molar-refractivity contribution is 7.91. The minimum absolute atomic E-state index is 0.0459. The fraction of sp³-hybridized carbons (Fsp3) is 0.600. The van der Waals surface area contributed by atoms with Crippen LogP contribution in [0.2, 0.25) is 0 Å². The van der Waals surface area contributed by atoms with Crippen LogP contribution in [0.25, 0.3) is 0 Å². The number of thiophene rings is 1. The number of nitro groups is 1. The van der Waals surface area contributed by atoms with E-state index in [1.807, 2.05) is 13.8 Å². The summed E-state index contributed by atoms with van der Waals surface area (Å²) in [4.78, 5) is 10.2. The Bertz CT molecular complexity index is 549. The summed E-state index contributed by atoms with van der Waals surface area (Å²) in [6.45, 7) is 3.76. The lowest BCUT2D eigenvalue weighted by Gasteiger charge is -2.13. The molecule has 0 aromatic carbocycles. The van der Waals surface area contributed by atoms with Gasteiger partial charge in [-0.3, -0.25) is 10.1 Å². The molecule has 19 heavy (non-hydrogen) atoms. The van der Waals surface area contributed by atoms with Gasteiger partial charge in [-0.15, -0.1) is 0 Å². The minimum atomic E-state index is -3.70. The van der Waals surface area contributed by atoms with Gasteiger partial charge in [-0.05, 0) is 12.8 Å². The van der Waals surface area contributed by atoms with E-state index >= 15 is 0 Å². The van der Waals surface area contributed by atoms with Crippen LogP contribution in [0.3, 0.4) is 0 Å². The second kappa shape index (κ2) is 6.31. The zero-order valence-corrected chi connectivity index (χ0v) is 12.6. The average molecular weight is 307 g/mol. The first-order valence-electron chi connectivity index (χ1n) is 5.84. The molecule has 7 nitrogen and oxygen atoms in total. The molecular weight excluding hydrogens is 290 g/mol. The maximum Gasteiger partial charge on any atom is 0.304 e. The number of sulfonamides is 1. The Morgan fingerprint density at radius 3 is 2.37 bits per heavy atom. The van der Waals surface area contributed by atoms with E-state index in [1.54, 1.807) is 0 Å². The summed E-state index contributed by atoms with van der Waals surface area (Å²) in [5.74, 6) is 0. The highest BCUT2D eigenvalue weighted by Gasteiger charge is 2.26. The van der Waals surface area contributed by atoms with Gasteiger partial charge in [0.25, 0.3) is 10.0 Å². The number of rotatable bonds is 7. The standard InChI is InChI=1S/C10H17N3O4S2/c1-4-7(5-2)12-19(16,17)9-6-8(13(14)15)10(11-3)18-9/h6-7,11-12H,4-5H2,1-3H3. The van der Waals surface area contributed by atoms with Crippen molar-refractivity contribution in [2.45, 2.75) is 36.9 Å². The van der Waals surface area contributed by atoms with E-state index in [0.29, 0.717) is 12.8 Å². The number of hydrogen-bond acceptors (Lipinski definition) is 6. The van der Waals surface area contributed by atoms with Crippen LogP contribution >= 0.6 is 11.3 Å². The topological polar surface area (TPSA) is 101 Å². The molecule has 0 radical (unpaired) electrons. The number of anilines is 1. The van der Waals surface area contributed by atoms with E-state index in [2.05, 4.69) is 10.0 Å². The molecule has 0 unspecified atom stereocenters. The fourth-order valence-corrected chi connectivity index (χ4v) is 4.24. The van der Waals surface area contributed by atoms with Crippen molar-refractivity contribution in [3.8, 4) is 0 Å². The molecule has 0 spiro atoms. The zero-order chi connectivity index (χ0) is 14.6. The van der Waals surface area contributed by atoms with Crippen molar-refractivity contribution in [1.82, 2.24) is 4.72 Å². The van der Waals surface area contributed by atoms with Crippen molar-refractivity contribution in [1.29, 1.82) is 0 Å². The van der Waals surface area contributed by atoms with E-state index in [4.69, 9.17) is 0 Å². The normalized spacial score (nSPS) is 11.8. The van der Waals surface area contributed by atoms with Crippen LogP contribution in [0.4, 0.5) is 10.7 Å². The van der Waals surface area contributed by atoms with E-state index in [0.717, 1.165) is 17.4 Å². The molecule has 0 saturated carbocycles. The molecule has 1 aromatic rings. The first-order chi connectivity index (χ1) is 8.85. The van der Waals surface area contributed by atoms with Crippen molar-refractivity contribution in [3.05, 3.63) is 16.2 Å². The molecule has 2 N–H and O–H groups in total. The average Bonchev–Trinajstić information content (AvgIpc) is 2.81. The van der Waals surface area contributed by atoms with Crippen molar-refractivity contribution in [2.75, 3.05) is 12.4 Å². The Kier molecular flexibility index (Phi) is 5.27. The highest BCUT2D eigenvalue weighted by Crippen LogP contribution is 2.36. The quantitative estimate of drug-likeness (QED) is 0.594. The highest BCUT2D eigenvalue weighted by atomic mass is 32.2. The molecule has 108 valence electrons. The van der Waals surface area contributed by atoms with Gasteiger partial charge in [-0.1, -0.05) is 25.2 Å². The van der Waals surface area contributed by atoms with Crippen molar-refractivity contribution < 1.29 is 13.3 Å².